The molecule has 0 fully saturated rings. The monoisotopic (exact) mass is 311 g/mol. The SMILES string of the molecule is CN(C(C(=O)O)c1ccc(Cl)c(Cl)c1)S(C)(=O)=O. The van der Waals surface area contributed by atoms with Gasteiger partial charge in [0, 0.05) is 7.05 Å². The standard InChI is InChI=1S/C10H11Cl2NO4S/c1-13(18(2,16)17)9(10(14)15)6-3-4-7(11)8(12)5-6/h3-5,9H,1-2H3,(H,14,15). The Morgan fingerprint density at radius 2 is 1.89 bits per heavy atom. The quantitative estimate of drug-likeness (QED) is 0.923. The number of rotatable bonds is 4. The zero-order valence-electron chi connectivity index (χ0n) is 9.59. The third-order valence-electron chi connectivity index (χ3n) is 2.38. The van der Waals surface area contributed by atoms with Crippen LogP contribution in [0.15, 0.2) is 18.2 Å². The largest absolute Gasteiger partial charge is 0.480 e. The van der Waals surface area contributed by atoms with Crippen LogP contribution in [0.2, 0.25) is 10.0 Å². The lowest BCUT2D eigenvalue weighted by molar-refractivity contribution is -0.141. The van der Waals surface area contributed by atoms with Crippen LogP contribution in [0.3, 0.4) is 0 Å². The fraction of sp³-hybridized carbons (Fsp3) is 0.300. The number of hydrogen-bond acceptors (Lipinski definition) is 3. The van der Waals surface area contributed by atoms with Gasteiger partial charge < -0.3 is 5.11 Å². The Kier molecular flexibility index (Phi) is 4.61. The minimum atomic E-state index is -3.64. The molecule has 1 atom stereocenters. The molecule has 0 radical (unpaired) electrons. The molecule has 18 heavy (non-hydrogen) atoms. The first-order chi connectivity index (χ1) is 8.14. The summed E-state index contributed by atoms with van der Waals surface area (Å²) in [7, 11) is -2.45. The van der Waals surface area contributed by atoms with E-state index >= 15 is 0 Å². The molecule has 1 N–H and O–H groups in total. The predicted octanol–water partition coefficient (Wildman–Crippen LogP) is 2.01. The van der Waals surface area contributed by atoms with Gasteiger partial charge in [0.05, 0.1) is 16.3 Å². The van der Waals surface area contributed by atoms with Gasteiger partial charge in [0.25, 0.3) is 0 Å². The zero-order valence-corrected chi connectivity index (χ0v) is 11.9. The summed E-state index contributed by atoms with van der Waals surface area (Å²) in [6.07, 6.45) is 0.931. The second kappa shape index (κ2) is 5.44. The van der Waals surface area contributed by atoms with E-state index in [1.54, 1.807) is 0 Å². The molecule has 0 bridgehead atoms. The molecule has 1 aromatic carbocycles. The van der Waals surface area contributed by atoms with Gasteiger partial charge in [-0.05, 0) is 17.7 Å². The lowest BCUT2D eigenvalue weighted by atomic mass is 10.1. The van der Waals surface area contributed by atoms with Gasteiger partial charge in [-0.1, -0.05) is 29.3 Å². The molecular weight excluding hydrogens is 301 g/mol. The van der Waals surface area contributed by atoms with E-state index in [-0.39, 0.29) is 15.6 Å². The van der Waals surface area contributed by atoms with Crippen molar-refractivity contribution in [1.82, 2.24) is 4.31 Å². The Labute approximate surface area is 115 Å². The van der Waals surface area contributed by atoms with Crippen LogP contribution in [-0.4, -0.2) is 37.1 Å². The number of sulfonamides is 1. The van der Waals surface area contributed by atoms with Crippen LogP contribution in [0.1, 0.15) is 11.6 Å². The lowest BCUT2D eigenvalue weighted by Crippen LogP contribution is -2.35. The maximum atomic E-state index is 11.4. The number of carboxylic acids is 1. The number of carboxylic acid groups (broad SMARTS) is 1. The Bertz CT molecular complexity index is 573. The summed E-state index contributed by atoms with van der Waals surface area (Å²) < 4.78 is 23.6. The smallest absolute Gasteiger partial charge is 0.326 e. The number of aliphatic carboxylic acids is 1. The summed E-state index contributed by atoms with van der Waals surface area (Å²) in [5.41, 5.74) is 0.241. The minimum absolute atomic E-state index is 0.169. The van der Waals surface area contributed by atoms with Gasteiger partial charge in [0.1, 0.15) is 6.04 Å². The highest BCUT2D eigenvalue weighted by Gasteiger charge is 2.30. The molecule has 100 valence electrons. The second-order valence-corrected chi connectivity index (χ2v) is 6.55. The number of benzene rings is 1. The average Bonchev–Trinajstić information content (AvgIpc) is 2.21. The van der Waals surface area contributed by atoms with Crippen LogP contribution in [0.25, 0.3) is 0 Å². The lowest BCUT2D eigenvalue weighted by Gasteiger charge is -2.23. The van der Waals surface area contributed by atoms with Gasteiger partial charge in [0.2, 0.25) is 10.0 Å². The van der Waals surface area contributed by atoms with E-state index in [1.165, 1.54) is 25.2 Å². The molecule has 0 saturated carbocycles. The molecule has 1 unspecified atom stereocenters. The Balaban J connectivity index is 3.29. The molecule has 8 heteroatoms. The van der Waals surface area contributed by atoms with Gasteiger partial charge >= 0.3 is 5.97 Å². The van der Waals surface area contributed by atoms with Crippen LogP contribution >= 0.6 is 23.2 Å². The Morgan fingerprint density at radius 1 is 1.33 bits per heavy atom. The predicted molar refractivity (Wildman–Crippen MR) is 69.4 cm³/mol. The highest BCUT2D eigenvalue weighted by molar-refractivity contribution is 7.88. The van der Waals surface area contributed by atoms with E-state index in [0.717, 1.165) is 10.6 Å². The summed E-state index contributed by atoms with van der Waals surface area (Å²) in [5, 5.41) is 9.58. The van der Waals surface area contributed by atoms with Crippen molar-refractivity contribution in [2.45, 2.75) is 6.04 Å². The molecule has 1 rings (SSSR count). The molecule has 0 aliphatic carbocycles. The van der Waals surface area contributed by atoms with Crippen LogP contribution in [0, 0.1) is 0 Å². The molecule has 0 aliphatic heterocycles. The molecule has 0 heterocycles. The van der Waals surface area contributed by atoms with E-state index in [9.17, 15) is 13.2 Å². The van der Waals surface area contributed by atoms with Crippen molar-refractivity contribution in [2.75, 3.05) is 13.3 Å². The highest BCUT2D eigenvalue weighted by atomic mass is 35.5. The summed E-state index contributed by atoms with van der Waals surface area (Å²) in [6.45, 7) is 0. The zero-order chi connectivity index (χ0) is 14.1. The van der Waals surface area contributed by atoms with Crippen molar-refractivity contribution in [3.05, 3.63) is 33.8 Å². The van der Waals surface area contributed by atoms with Crippen molar-refractivity contribution in [3.63, 3.8) is 0 Å². The third kappa shape index (κ3) is 3.35. The molecule has 0 amide bonds. The van der Waals surface area contributed by atoms with E-state index in [2.05, 4.69) is 0 Å². The van der Waals surface area contributed by atoms with Crippen LogP contribution in [-0.2, 0) is 14.8 Å². The van der Waals surface area contributed by atoms with Crippen molar-refractivity contribution in [2.24, 2.45) is 0 Å². The topological polar surface area (TPSA) is 74.7 Å². The van der Waals surface area contributed by atoms with E-state index < -0.39 is 22.0 Å². The van der Waals surface area contributed by atoms with E-state index in [0.29, 0.717) is 0 Å². The van der Waals surface area contributed by atoms with Crippen molar-refractivity contribution in [3.8, 4) is 0 Å². The number of nitrogens with zero attached hydrogens (tertiary/aromatic N) is 1. The van der Waals surface area contributed by atoms with Crippen molar-refractivity contribution < 1.29 is 18.3 Å². The summed E-state index contributed by atoms with van der Waals surface area (Å²) >= 11 is 11.5. The second-order valence-electron chi connectivity index (χ2n) is 3.69. The average molecular weight is 312 g/mol. The number of halogens is 2. The molecular formula is C10H11Cl2NO4S. The van der Waals surface area contributed by atoms with Gasteiger partial charge in [-0.3, -0.25) is 4.79 Å². The maximum Gasteiger partial charge on any atom is 0.326 e. The van der Waals surface area contributed by atoms with Crippen LogP contribution in [0.4, 0.5) is 0 Å². The maximum absolute atomic E-state index is 11.4. The summed E-state index contributed by atoms with van der Waals surface area (Å²) in [5.74, 6) is -1.29. The third-order valence-corrected chi connectivity index (χ3v) is 4.38. The fourth-order valence-corrected chi connectivity index (χ4v) is 2.28. The molecule has 0 saturated heterocycles. The molecule has 5 nitrogen and oxygen atoms in total. The first-order valence-corrected chi connectivity index (χ1v) is 7.35. The van der Waals surface area contributed by atoms with Crippen LogP contribution in [0.5, 0.6) is 0 Å². The van der Waals surface area contributed by atoms with Gasteiger partial charge in [0.15, 0.2) is 0 Å². The van der Waals surface area contributed by atoms with Gasteiger partial charge in [-0.2, -0.15) is 4.31 Å². The first kappa shape index (κ1) is 15.2. The van der Waals surface area contributed by atoms with Gasteiger partial charge in [-0.15, -0.1) is 0 Å². The minimum Gasteiger partial charge on any atom is -0.480 e. The normalized spacial score (nSPS) is 13.6. The first-order valence-electron chi connectivity index (χ1n) is 4.75. The molecule has 0 spiro atoms. The Hall–Kier alpha value is -0.820. The number of hydrogen-bond donors (Lipinski definition) is 1. The van der Waals surface area contributed by atoms with E-state index in [4.69, 9.17) is 28.3 Å². The van der Waals surface area contributed by atoms with Crippen molar-refractivity contribution in [1.29, 1.82) is 0 Å². The van der Waals surface area contributed by atoms with Crippen molar-refractivity contribution >= 4 is 39.2 Å². The highest BCUT2D eigenvalue weighted by Crippen LogP contribution is 2.29. The number of likely N-dealkylation sites (N-methyl/N-ethyl adjacent to an activating group) is 1. The van der Waals surface area contributed by atoms with Crippen LogP contribution < -0.4 is 0 Å². The van der Waals surface area contributed by atoms with E-state index in [1.807, 2.05) is 0 Å². The number of carbonyl (C=O) groups is 1. The molecule has 0 aliphatic rings. The summed E-state index contributed by atoms with van der Waals surface area (Å²) in [6, 6.07) is 2.85. The van der Waals surface area contributed by atoms with Gasteiger partial charge in [-0.25, -0.2) is 8.42 Å². The summed E-state index contributed by atoms with van der Waals surface area (Å²) in [4.78, 5) is 11.2. The Morgan fingerprint density at radius 3 is 2.28 bits per heavy atom. The molecule has 1 aromatic rings. The fourth-order valence-electron chi connectivity index (χ4n) is 1.38. The molecule has 0 aromatic heterocycles.